The first-order valence-corrected chi connectivity index (χ1v) is 5.71. The van der Waals surface area contributed by atoms with E-state index in [1.54, 1.807) is 6.92 Å². The molecule has 0 aromatic heterocycles. The fraction of sp³-hybridized carbons (Fsp3) is 0.889. The zero-order valence-corrected chi connectivity index (χ0v) is 8.32. The van der Waals surface area contributed by atoms with Crippen LogP contribution in [0.2, 0.25) is 0 Å². The first-order chi connectivity index (χ1) is 5.72. The van der Waals surface area contributed by atoms with E-state index >= 15 is 0 Å². The lowest BCUT2D eigenvalue weighted by molar-refractivity contribution is -0.128. The quantitative estimate of drug-likeness (QED) is 0.568. The molecule has 1 spiro atoms. The maximum Gasteiger partial charge on any atom is 0.219 e. The second kappa shape index (κ2) is 2.95. The highest BCUT2D eigenvalue weighted by molar-refractivity contribution is 7.99. The lowest BCUT2D eigenvalue weighted by Gasteiger charge is -2.21. The van der Waals surface area contributed by atoms with E-state index in [4.69, 9.17) is 0 Å². The lowest BCUT2D eigenvalue weighted by atomic mass is 9.87. The minimum atomic E-state index is 0.253. The van der Waals surface area contributed by atoms with Crippen LogP contribution in [0, 0.1) is 5.41 Å². The summed E-state index contributed by atoms with van der Waals surface area (Å²) in [6.45, 7) is 3.70. The molecule has 2 saturated heterocycles. The summed E-state index contributed by atoms with van der Waals surface area (Å²) in [6.07, 6.45) is 2.56. The fourth-order valence-corrected chi connectivity index (χ4v) is 3.71. The van der Waals surface area contributed by atoms with Gasteiger partial charge in [0, 0.05) is 25.8 Å². The largest absolute Gasteiger partial charge is 0.342 e. The monoisotopic (exact) mass is 185 g/mol. The van der Waals surface area contributed by atoms with Crippen LogP contribution in [0.4, 0.5) is 0 Å². The summed E-state index contributed by atoms with van der Waals surface area (Å²) in [5.74, 6) is 2.83. The summed E-state index contributed by atoms with van der Waals surface area (Å²) < 4.78 is 0. The number of carbonyl (C=O) groups excluding carboxylic acids is 1. The van der Waals surface area contributed by atoms with Gasteiger partial charge in [0.15, 0.2) is 0 Å². The highest BCUT2D eigenvalue weighted by atomic mass is 32.2. The van der Waals surface area contributed by atoms with Crippen molar-refractivity contribution in [3.05, 3.63) is 0 Å². The molecule has 2 rings (SSSR count). The Morgan fingerprint density at radius 2 is 2.33 bits per heavy atom. The van der Waals surface area contributed by atoms with Gasteiger partial charge in [-0.3, -0.25) is 4.79 Å². The van der Waals surface area contributed by atoms with Crippen LogP contribution in [0.5, 0.6) is 0 Å². The van der Waals surface area contributed by atoms with Gasteiger partial charge in [0.2, 0.25) is 5.91 Å². The molecule has 0 aromatic carbocycles. The van der Waals surface area contributed by atoms with E-state index in [9.17, 15) is 4.79 Å². The van der Waals surface area contributed by atoms with Gasteiger partial charge in [0.05, 0.1) is 0 Å². The highest BCUT2D eigenvalue weighted by Gasteiger charge is 2.41. The maximum absolute atomic E-state index is 11.1. The van der Waals surface area contributed by atoms with Gasteiger partial charge in [0.1, 0.15) is 0 Å². The standard InChI is InChI=1S/C9H15NOS/c1-8(11)10-4-2-9(6-10)3-5-12-7-9/h2-7H2,1H3. The highest BCUT2D eigenvalue weighted by Crippen LogP contribution is 2.43. The number of hydrogen-bond donors (Lipinski definition) is 0. The average molecular weight is 185 g/mol. The molecule has 68 valence electrons. The van der Waals surface area contributed by atoms with Crippen LogP contribution >= 0.6 is 11.8 Å². The van der Waals surface area contributed by atoms with Crippen molar-refractivity contribution in [2.45, 2.75) is 19.8 Å². The molecule has 2 nitrogen and oxygen atoms in total. The average Bonchev–Trinajstić information content (AvgIpc) is 2.62. The molecule has 12 heavy (non-hydrogen) atoms. The normalized spacial score (nSPS) is 34.9. The Morgan fingerprint density at radius 1 is 1.50 bits per heavy atom. The molecule has 2 aliphatic heterocycles. The van der Waals surface area contributed by atoms with Crippen LogP contribution in [0.25, 0.3) is 0 Å². The van der Waals surface area contributed by atoms with Crippen LogP contribution in [0.3, 0.4) is 0 Å². The maximum atomic E-state index is 11.1. The third-order valence-corrected chi connectivity index (χ3v) is 4.38. The van der Waals surface area contributed by atoms with Gasteiger partial charge in [-0.1, -0.05) is 0 Å². The number of carbonyl (C=O) groups is 1. The SMILES string of the molecule is CC(=O)N1CCC2(CCSC2)C1. The Labute approximate surface area is 77.7 Å². The molecular weight excluding hydrogens is 170 g/mol. The molecule has 0 radical (unpaired) electrons. The number of thioether (sulfide) groups is 1. The number of amides is 1. The number of nitrogens with zero attached hydrogens (tertiary/aromatic N) is 1. The predicted molar refractivity (Wildman–Crippen MR) is 51.2 cm³/mol. The summed E-state index contributed by atoms with van der Waals surface area (Å²) in [5.41, 5.74) is 0.510. The Hall–Kier alpha value is -0.180. The molecule has 3 heteroatoms. The lowest BCUT2D eigenvalue weighted by Crippen LogP contribution is -2.30. The summed E-state index contributed by atoms with van der Waals surface area (Å²) in [4.78, 5) is 13.1. The Bertz CT molecular complexity index is 199. The zero-order valence-electron chi connectivity index (χ0n) is 7.51. The molecule has 2 heterocycles. The zero-order chi connectivity index (χ0) is 8.60. The molecule has 0 bridgehead atoms. The summed E-state index contributed by atoms with van der Waals surface area (Å²) in [5, 5.41) is 0. The number of rotatable bonds is 0. The molecule has 0 aliphatic carbocycles. The third kappa shape index (κ3) is 1.35. The molecule has 1 amide bonds. The van der Waals surface area contributed by atoms with Crippen molar-refractivity contribution in [2.75, 3.05) is 24.6 Å². The first-order valence-electron chi connectivity index (χ1n) is 4.55. The van der Waals surface area contributed by atoms with Crippen molar-refractivity contribution in [1.82, 2.24) is 4.90 Å². The Morgan fingerprint density at radius 3 is 2.83 bits per heavy atom. The van der Waals surface area contributed by atoms with E-state index in [0.717, 1.165) is 13.1 Å². The second-order valence-corrected chi connectivity index (χ2v) is 5.10. The molecule has 0 saturated carbocycles. The smallest absolute Gasteiger partial charge is 0.219 e. The molecule has 1 unspecified atom stereocenters. The number of likely N-dealkylation sites (tertiary alicyclic amines) is 1. The van der Waals surface area contributed by atoms with E-state index in [1.807, 2.05) is 16.7 Å². The van der Waals surface area contributed by atoms with Crippen molar-refractivity contribution in [3.63, 3.8) is 0 Å². The van der Waals surface area contributed by atoms with Crippen molar-refractivity contribution in [2.24, 2.45) is 5.41 Å². The second-order valence-electron chi connectivity index (χ2n) is 3.99. The van der Waals surface area contributed by atoms with Gasteiger partial charge >= 0.3 is 0 Å². The molecule has 0 aromatic rings. The van der Waals surface area contributed by atoms with Gasteiger partial charge in [-0.05, 0) is 24.0 Å². The summed E-state index contributed by atoms with van der Waals surface area (Å²) in [7, 11) is 0. The predicted octanol–water partition coefficient (Wildman–Crippen LogP) is 1.36. The van der Waals surface area contributed by atoms with Gasteiger partial charge < -0.3 is 4.90 Å². The minimum Gasteiger partial charge on any atom is -0.342 e. The first kappa shape index (κ1) is 8.42. The van der Waals surface area contributed by atoms with Crippen LogP contribution < -0.4 is 0 Å². The topological polar surface area (TPSA) is 20.3 Å². The molecule has 2 aliphatic rings. The van der Waals surface area contributed by atoms with Crippen molar-refractivity contribution >= 4 is 17.7 Å². The molecule has 0 N–H and O–H groups in total. The van der Waals surface area contributed by atoms with Crippen LogP contribution in [-0.4, -0.2) is 35.4 Å². The van der Waals surface area contributed by atoms with Crippen molar-refractivity contribution < 1.29 is 4.79 Å². The van der Waals surface area contributed by atoms with E-state index < -0.39 is 0 Å². The van der Waals surface area contributed by atoms with Gasteiger partial charge in [0.25, 0.3) is 0 Å². The molecule has 1 atom stereocenters. The summed E-state index contributed by atoms with van der Waals surface area (Å²) >= 11 is 2.05. The van der Waals surface area contributed by atoms with Gasteiger partial charge in [-0.25, -0.2) is 0 Å². The van der Waals surface area contributed by atoms with Crippen molar-refractivity contribution in [1.29, 1.82) is 0 Å². The molecule has 2 fully saturated rings. The van der Waals surface area contributed by atoms with Gasteiger partial charge in [-0.15, -0.1) is 0 Å². The summed E-state index contributed by atoms with van der Waals surface area (Å²) in [6, 6.07) is 0. The van der Waals surface area contributed by atoms with Crippen LogP contribution in [0.1, 0.15) is 19.8 Å². The van der Waals surface area contributed by atoms with Crippen molar-refractivity contribution in [3.8, 4) is 0 Å². The minimum absolute atomic E-state index is 0.253. The van der Waals surface area contributed by atoms with Crippen LogP contribution in [-0.2, 0) is 4.79 Å². The molecular formula is C9H15NOS. The fourth-order valence-electron chi connectivity index (χ4n) is 2.18. The van der Waals surface area contributed by atoms with E-state index in [-0.39, 0.29) is 5.91 Å². The Balaban J connectivity index is 2.01. The third-order valence-electron chi connectivity index (χ3n) is 3.07. The van der Waals surface area contributed by atoms with E-state index in [1.165, 1.54) is 24.3 Å². The number of hydrogen-bond acceptors (Lipinski definition) is 2. The van der Waals surface area contributed by atoms with E-state index in [2.05, 4.69) is 0 Å². The van der Waals surface area contributed by atoms with Crippen LogP contribution in [0.15, 0.2) is 0 Å². The van der Waals surface area contributed by atoms with Gasteiger partial charge in [-0.2, -0.15) is 11.8 Å². The van der Waals surface area contributed by atoms with E-state index in [0.29, 0.717) is 5.41 Å². The Kier molecular flexibility index (Phi) is 2.07.